The first-order valence-corrected chi connectivity index (χ1v) is 11.2. The number of rotatable bonds is 6. The van der Waals surface area contributed by atoms with Crippen molar-refractivity contribution < 1.29 is 32.6 Å². The Hall–Kier alpha value is -3.47. The van der Waals surface area contributed by atoms with Gasteiger partial charge >= 0.3 is 12.1 Å². The Morgan fingerprint density at radius 1 is 1.20 bits per heavy atom. The molecule has 4 rings (SSSR count). The summed E-state index contributed by atoms with van der Waals surface area (Å²) < 4.78 is 45.4. The molecule has 35 heavy (non-hydrogen) atoms. The molecule has 3 aromatic rings. The molecule has 1 aliphatic rings. The quantitative estimate of drug-likeness (QED) is 0.503. The van der Waals surface area contributed by atoms with Crippen molar-refractivity contribution in [2.45, 2.75) is 44.3 Å². The zero-order valence-corrected chi connectivity index (χ0v) is 19.0. The first kappa shape index (κ1) is 24.6. The summed E-state index contributed by atoms with van der Waals surface area (Å²) in [6.07, 6.45) is 0.353. The van der Waals surface area contributed by atoms with Crippen LogP contribution in [-0.2, 0) is 22.1 Å². The fourth-order valence-electron chi connectivity index (χ4n) is 4.35. The molecule has 11 heteroatoms. The van der Waals surface area contributed by atoms with E-state index in [2.05, 4.69) is 15.4 Å². The average molecular weight is 490 g/mol. The van der Waals surface area contributed by atoms with Gasteiger partial charge < -0.3 is 15.2 Å². The molecule has 0 bridgehead atoms. The average Bonchev–Trinajstić information content (AvgIpc) is 3.25. The topological polar surface area (TPSA) is 106 Å². The monoisotopic (exact) mass is 490 g/mol. The number of pyridine rings is 1. The molecule has 1 amide bonds. The van der Waals surface area contributed by atoms with E-state index in [-0.39, 0.29) is 29.6 Å². The van der Waals surface area contributed by atoms with Crippen molar-refractivity contribution in [3.05, 3.63) is 53.5 Å². The van der Waals surface area contributed by atoms with Gasteiger partial charge in [-0.15, -0.1) is 0 Å². The third kappa shape index (κ3) is 5.61. The molecule has 2 aromatic heterocycles. The minimum absolute atomic E-state index is 0.0516. The number of esters is 1. The number of nitrogens with zero attached hydrogens (tertiary/aromatic N) is 3. The van der Waals surface area contributed by atoms with Gasteiger partial charge in [-0.3, -0.25) is 9.48 Å². The predicted molar refractivity (Wildman–Crippen MR) is 121 cm³/mol. The van der Waals surface area contributed by atoms with Gasteiger partial charge in [-0.2, -0.15) is 18.3 Å². The van der Waals surface area contributed by atoms with Crippen molar-refractivity contribution in [3.8, 4) is 0 Å². The van der Waals surface area contributed by atoms with Gasteiger partial charge in [-0.1, -0.05) is 6.07 Å². The molecule has 8 nitrogen and oxygen atoms in total. The Kier molecular flexibility index (Phi) is 7.06. The first-order valence-electron chi connectivity index (χ1n) is 11.2. The summed E-state index contributed by atoms with van der Waals surface area (Å²) in [7, 11) is 1.21. The highest BCUT2D eigenvalue weighted by molar-refractivity contribution is 6.05. The molecule has 2 heterocycles. The molecule has 186 valence electrons. The van der Waals surface area contributed by atoms with E-state index >= 15 is 0 Å². The van der Waals surface area contributed by atoms with E-state index in [9.17, 15) is 27.9 Å². The highest BCUT2D eigenvalue weighted by atomic mass is 19.4. The molecule has 1 aromatic carbocycles. The maximum atomic E-state index is 12.9. The van der Waals surface area contributed by atoms with Crippen LogP contribution >= 0.6 is 0 Å². The number of aliphatic hydroxyl groups excluding tert-OH is 1. The summed E-state index contributed by atoms with van der Waals surface area (Å²) in [6, 6.07) is 6.63. The Morgan fingerprint density at radius 3 is 2.60 bits per heavy atom. The van der Waals surface area contributed by atoms with E-state index in [0.29, 0.717) is 16.8 Å². The molecule has 1 saturated carbocycles. The minimum atomic E-state index is -4.62. The number of fused-ring (bicyclic) bond motifs is 1. The summed E-state index contributed by atoms with van der Waals surface area (Å²) in [6.45, 7) is 0.176. The molecule has 0 radical (unpaired) electrons. The SMILES string of the molecule is COC(=O)c1cc2nn(C3CCC(CO)CC3)cc2cc1NC(=O)Cc1cccc(C(F)(F)F)n1. The normalized spacial score (nSPS) is 18.4. The van der Waals surface area contributed by atoms with Crippen LogP contribution in [0.2, 0.25) is 0 Å². The van der Waals surface area contributed by atoms with E-state index in [1.807, 2.05) is 10.9 Å². The highest BCUT2D eigenvalue weighted by Gasteiger charge is 2.32. The number of hydrogen-bond acceptors (Lipinski definition) is 6. The Bertz CT molecular complexity index is 1230. The third-order valence-electron chi connectivity index (χ3n) is 6.23. The summed E-state index contributed by atoms with van der Waals surface area (Å²) in [5.41, 5.74) is -0.332. The van der Waals surface area contributed by atoms with Gasteiger partial charge in [0, 0.05) is 18.2 Å². The van der Waals surface area contributed by atoms with Crippen LogP contribution in [0.5, 0.6) is 0 Å². The fraction of sp³-hybridized carbons (Fsp3) is 0.417. The standard InChI is InChI=1S/C24H25F3N4O4/c1-35-23(34)18-11-19-15(12-31(30-19)17-7-5-14(13-32)6-8-17)9-20(18)29-22(33)10-16-3-2-4-21(28-16)24(25,26)27/h2-4,9,11-12,14,17,32H,5-8,10,13H2,1H3,(H,29,33). The van der Waals surface area contributed by atoms with Crippen molar-refractivity contribution in [2.24, 2.45) is 5.92 Å². The molecule has 1 aliphatic carbocycles. The summed E-state index contributed by atoms with van der Waals surface area (Å²) in [5.74, 6) is -1.01. The van der Waals surface area contributed by atoms with Gasteiger partial charge in [0.05, 0.1) is 42.0 Å². The fourth-order valence-corrected chi connectivity index (χ4v) is 4.35. The van der Waals surface area contributed by atoms with Crippen LogP contribution in [0.15, 0.2) is 36.5 Å². The van der Waals surface area contributed by atoms with Crippen LogP contribution < -0.4 is 5.32 Å². The van der Waals surface area contributed by atoms with Crippen LogP contribution in [-0.4, -0.2) is 45.5 Å². The Balaban J connectivity index is 1.57. The van der Waals surface area contributed by atoms with Gasteiger partial charge in [0.25, 0.3) is 0 Å². The number of anilines is 1. The number of benzene rings is 1. The van der Waals surface area contributed by atoms with Gasteiger partial charge in [-0.25, -0.2) is 9.78 Å². The Labute approximate surface area is 199 Å². The van der Waals surface area contributed by atoms with E-state index in [1.165, 1.54) is 25.3 Å². The van der Waals surface area contributed by atoms with Crippen molar-refractivity contribution in [1.29, 1.82) is 0 Å². The van der Waals surface area contributed by atoms with Crippen LogP contribution in [0.4, 0.5) is 18.9 Å². The molecule has 0 aliphatic heterocycles. The smallest absolute Gasteiger partial charge is 0.433 e. The number of ether oxygens (including phenoxy) is 1. The van der Waals surface area contributed by atoms with Gasteiger partial charge in [-0.05, 0) is 55.9 Å². The predicted octanol–water partition coefficient (Wildman–Crippen LogP) is 4.14. The van der Waals surface area contributed by atoms with Crippen LogP contribution in [0, 0.1) is 5.92 Å². The number of halogens is 3. The number of carbonyl (C=O) groups excluding carboxylic acids is 2. The lowest BCUT2D eigenvalue weighted by Gasteiger charge is -2.27. The van der Waals surface area contributed by atoms with Crippen molar-refractivity contribution in [2.75, 3.05) is 19.0 Å². The lowest BCUT2D eigenvalue weighted by molar-refractivity contribution is -0.141. The zero-order chi connectivity index (χ0) is 25.2. The van der Waals surface area contributed by atoms with Gasteiger partial charge in [0.1, 0.15) is 5.69 Å². The number of carbonyl (C=O) groups is 2. The molecule has 0 saturated heterocycles. The molecule has 0 unspecified atom stereocenters. The van der Waals surface area contributed by atoms with Crippen molar-refractivity contribution in [1.82, 2.24) is 14.8 Å². The number of aromatic nitrogens is 3. The lowest BCUT2D eigenvalue weighted by Crippen LogP contribution is -2.20. The second-order valence-corrected chi connectivity index (χ2v) is 8.65. The zero-order valence-electron chi connectivity index (χ0n) is 19.0. The van der Waals surface area contributed by atoms with Crippen LogP contribution in [0.1, 0.15) is 53.5 Å². The third-order valence-corrected chi connectivity index (χ3v) is 6.23. The number of methoxy groups -OCH3 is 1. The summed E-state index contributed by atoms with van der Waals surface area (Å²) in [4.78, 5) is 28.5. The maximum Gasteiger partial charge on any atom is 0.433 e. The molecule has 2 N–H and O–H groups in total. The second kappa shape index (κ2) is 10.0. The second-order valence-electron chi connectivity index (χ2n) is 8.65. The van der Waals surface area contributed by atoms with E-state index in [4.69, 9.17) is 4.74 Å². The first-order chi connectivity index (χ1) is 16.7. The molecule has 0 spiro atoms. The largest absolute Gasteiger partial charge is 0.465 e. The van der Waals surface area contributed by atoms with Gasteiger partial charge in [0.15, 0.2) is 0 Å². The number of amides is 1. The molecule has 1 fully saturated rings. The van der Waals surface area contributed by atoms with E-state index < -0.39 is 30.2 Å². The van der Waals surface area contributed by atoms with E-state index in [1.54, 1.807) is 6.07 Å². The van der Waals surface area contributed by atoms with Crippen LogP contribution in [0.3, 0.4) is 0 Å². The summed E-state index contributed by atoms with van der Waals surface area (Å²) in [5, 5.41) is 17.3. The molecule has 0 atom stereocenters. The highest BCUT2D eigenvalue weighted by Crippen LogP contribution is 2.33. The van der Waals surface area contributed by atoms with Crippen molar-refractivity contribution >= 4 is 28.5 Å². The van der Waals surface area contributed by atoms with E-state index in [0.717, 1.165) is 31.7 Å². The lowest BCUT2D eigenvalue weighted by atomic mass is 9.87. The number of hydrogen-bond donors (Lipinski definition) is 2. The van der Waals surface area contributed by atoms with Crippen LogP contribution in [0.25, 0.3) is 10.9 Å². The number of aliphatic hydroxyl groups is 1. The summed E-state index contributed by atoms with van der Waals surface area (Å²) >= 11 is 0. The number of nitrogens with one attached hydrogen (secondary N) is 1. The number of alkyl halides is 3. The van der Waals surface area contributed by atoms with Crippen molar-refractivity contribution in [3.63, 3.8) is 0 Å². The Morgan fingerprint density at radius 2 is 1.94 bits per heavy atom. The maximum absolute atomic E-state index is 12.9. The molecular formula is C24H25F3N4O4. The van der Waals surface area contributed by atoms with Gasteiger partial charge in [0.2, 0.25) is 5.91 Å². The minimum Gasteiger partial charge on any atom is -0.465 e. The molecular weight excluding hydrogens is 465 g/mol.